The van der Waals surface area contributed by atoms with E-state index < -0.39 is 0 Å². The Hall–Kier alpha value is -1.42. The summed E-state index contributed by atoms with van der Waals surface area (Å²) in [5, 5.41) is 3.33. The molecule has 2 rings (SSSR count). The van der Waals surface area contributed by atoms with Crippen molar-refractivity contribution in [1.82, 2.24) is 10.2 Å². The lowest BCUT2D eigenvalue weighted by molar-refractivity contribution is -0.131. The van der Waals surface area contributed by atoms with Crippen molar-refractivity contribution >= 4 is 5.91 Å². The minimum absolute atomic E-state index is 0.0477. The molecule has 4 heteroatoms. The van der Waals surface area contributed by atoms with Gasteiger partial charge in [-0.1, -0.05) is 25.0 Å². The van der Waals surface area contributed by atoms with Crippen LogP contribution in [0.1, 0.15) is 44.2 Å². The number of hydrogen-bond donors (Lipinski definition) is 1. The first-order chi connectivity index (χ1) is 9.58. The summed E-state index contributed by atoms with van der Waals surface area (Å²) in [4.78, 5) is 13.9. The Bertz CT molecular complexity index is 440. The highest BCUT2D eigenvalue weighted by Gasteiger charge is 2.20. The topological polar surface area (TPSA) is 32.3 Å². The van der Waals surface area contributed by atoms with Crippen molar-refractivity contribution in [1.29, 1.82) is 0 Å². The molecule has 0 radical (unpaired) electrons. The largest absolute Gasteiger partial charge is 0.338 e. The first kappa shape index (κ1) is 15.0. The average Bonchev–Trinajstić information content (AvgIpc) is 2.97. The molecule has 1 aromatic carbocycles. The summed E-state index contributed by atoms with van der Waals surface area (Å²) in [5.41, 5.74) is 0.947. The number of rotatable bonds is 5. The average molecular weight is 278 g/mol. The molecule has 1 fully saturated rings. The van der Waals surface area contributed by atoms with Crippen molar-refractivity contribution in [3.63, 3.8) is 0 Å². The molecule has 110 valence electrons. The highest BCUT2D eigenvalue weighted by molar-refractivity contribution is 5.78. The zero-order valence-corrected chi connectivity index (χ0v) is 12.2. The van der Waals surface area contributed by atoms with Crippen LogP contribution in [0.5, 0.6) is 0 Å². The minimum atomic E-state index is -0.252. The Labute approximate surface area is 120 Å². The molecule has 0 aromatic heterocycles. The quantitative estimate of drug-likeness (QED) is 0.898. The second-order valence-corrected chi connectivity index (χ2v) is 5.59. The first-order valence-electron chi connectivity index (χ1n) is 7.32. The molecule has 1 aromatic rings. The number of amides is 1. The summed E-state index contributed by atoms with van der Waals surface area (Å²) in [7, 11) is 1.80. The number of carbonyl (C=O) groups is 1. The molecule has 1 amide bonds. The van der Waals surface area contributed by atoms with Crippen LogP contribution in [-0.2, 0) is 4.79 Å². The Balaban J connectivity index is 1.86. The van der Waals surface area contributed by atoms with Gasteiger partial charge in [0, 0.05) is 13.1 Å². The normalized spacial score (nSPS) is 17.1. The van der Waals surface area contributed by atoms with Gasteiger partial charge in [-0.3, -0.25) is 4.79 Å². The van der Waals surface area contributed by atoms with Crippen molar-refractivity contribution < 1.29 is 9.18 Å². The monoisotopic (exact) mass is 278 g/mol. The van der Waals surface area contributed by atoms with E-state index in [1.54, 1.807) is 24.1 Å². The molecule has 0 bridgehead atoms. The highest BCUT2D eigenvalue weighted by Crippen LogP contribution is 2.20. The summed E-state index contributed by atoms with van der Waals surface area (Å²) in [6, 6.07) is 6.77. The van der Waals surface area contributed by atoms with Crippen LogP contribution >= 0.6 is 0 Å². The number of nitrogens with one attached hydrogen (secondary N) is 1. The van der Waals surface area contributed by atoms with Crippen LogP contribution < -0.4 is 5.32 Å². The maximum absolute atomic E-state index is 12.9. The van der Waals surface area contributed by atoms with Crippen LogP contribution in [0.15, 0.2) is 24.3 Å². The number of halogens is 1. The van der Waals surface area contributed by atoms with Gasteiger partial charge < -0.3 is 10.2 Å². The van der Waals surface area contributed by atoms with E-state index in [1.807, 2.05) is 6.92 Å². The maximum Gasteiger partial charge on any atom is 0.236 e. The third-order valence-electron chi connectivity index (χ3n) is 4.22. The second-order valence-electron chi connectivity index (χ2n) is 5.59. The molecule has 1 atom stereocenters. The van der Waals surface area contributed by atoms with Gasteiger partial charge in [-0.15, -0.1) is 0 Å². The number of likely N-dealkylation sites (N-methyl/N-ethyl adjacent to an activating group) is 1. The first-order valence-corrected chi connectivity index (χ1v) is 7.32. The molecule has 1 saturated carbocycles. The molecule has 1 N–H and O–H groups in total. The molecular formula is C16H23FN2O. The summed E-state index contributed by atoms with van der Waals surface area (Å²) in [5.74, 6) is -0.174. The number of nitrogens with zero attached hydrogens (tertiary/aromatic N) is 1. The van der Waals surface area contributed by atoms with Crippen molar-refractivity contribution in [2.45, 2.75) is 44.7 Å². The van der Waals surface area contributed by atoms with E-state index in [-0.39, 0.29) is 17.8 Å². The smallest absolute Gasteiger partial charge is 0.236 e. The van der Waals surface area contributed by atoms with Crippen molar-refractivity contribution in [3.8, 4) is 0 Å². The van der Waals surface area contributed by atoms with Crippen LogP contribution in [0.3, 0.4) is 0 Å². The molecule has 1 aliphatic carbocycles. The summed E-state index contributed by atoms with van der Waals surface area (Å²) < 4.78 is 12.9. The molecule has 0 aliphatic heterocycles. The summed E-state index contributed by atoms with van der Waals surface area (Å²) in [6.07, 6.45) is 4.86. The van der Waals surface area contributed by atoms with E-state index in [4.69, 9.17) is 0 Å². The number of benzene rings is 1. The lowest BCUT2D eigenvalue weighted by atomic mass is 10.1. The van der Waals surface area contributed by atoms with Gasteiger partial charge in [0.2, 0.25) is 5.91 Å². The predicted molar refractivity (Wildman–Crippen MR) is 77.8 cm³/mol. The van der Waals surface area contributed by atoms with Crippen molar-refractivity contribution in [2.75, 3.05) is 13.6 Å². The van der Waals surface area contributed by atoms with Crippen LogP contribution in [-0.4, -0.2) is 30.4 Å². The molecule has 20 heavy (non-hydrogen) atoms. The Morgan fingerprint density at radius 2 is 1.95 bits per heavy atom. The Morgan fingerprint density at radius 1 is 1.35 bits per heavy atom. The molecule has 3 nitrogen and oxygen atoms in total. The fourth-order valence-corrected chi connectivity index (χ4v) is 2.67. The van der Waals surface area contributed by atoms with E-state index in [0.717, 1.165) is 5.56 Å². The zero-order valence-electron chi connectivity index (χ0n) is 12.2. The van der Waals surface area contributed by atoms with Gasteiger partial charge in [-0.2, -0.15) is 0 Å². The van der Waals surface area contributed by atoms with E-state index in [1.165, 1.54) is 37.8 Å². The second kappa shape index (κ2) is 6.84. The molecule has 0 saturated heterocycles. The van der Waals surface area contributed by atoms with Crippen molar-refractivity contribution in [3.05, 3.63) is 35.6 Å². The third-order valence-corrected chi connectivity index (χ3v) is 4.22. The number of hydrogen-bond acceptors (Lipinski definition) is 2. The van der Waals surface area contributed by atoms with Crippen LogP contribution in [0.2, 0.25) is 0 Å². The molecular weight excluding hydrogens is 255 g/mol. The van der Waals surface area contributed by atoms with Crippen LogP contribution in [0.25, 0.3) is 0 Å². The fourth-order valence-electron chi connectivity index (χ4n) is 2.67. The van der Waals surface area contributed by atoms with E-state index in [0.29, 0.717) is 12.6 Å². The van der Waals surface area contributed by atoms with Gasteiger partial charge >= 0.3 is 0 Å². The van der Waals surface area contributed by atoms with E-state index in [2.05, 4.69) is 5.32 Å². The summed E-state index contributed by atoms with van der Waals surface area (Å²) in [6.45, 7) is 2.34. The zero-order chi connectivity index (χ0) is 14.5. The summed E-state index contributed by atoms with van der Waals surface area (Å²) >= 11 is 0. The fraction of sp³-hybridized carbons (Fsp3) is 0.562. The Kier molecular flexibility index (Phi) is 5.12. The SMILES string of the molecule is CC(c1ccc(F)cc1)N(C)C(=O)CNC1CCCC1. The third kappa shape index (κ3) is 3.79. The van der Waals surface area contributed by atoms with Gasteiger partial charge in [0.1, 0.15) is 5.82 Å². The van der Waals surface area contributed by atoms with Crippen molar-refractivity contribution in [2.24, 2.45) is 0 Å². The molecule has 1 unspecified atom stereocenters. The minimum Gasteiger partial charge on any atom is -0.338 e. The number of carbonyl (C=O) groups excluding carboxylic acids is 1. The predicted octanol–water partition coefficient (Wildman–Crippen LogP) is 2.88. The molecule has 0 spiro atoms. The lowest BCUT2D eigenvalue weighted by Gasteiger charge is -2.26. The van der Waals surface area contributed by atoms with Gasteiger partial charge in [-0.05, 0) is 37.5 Å². The van der Waals surface area contributed by atoms with E-state index in [9.17, 15) is 9.18 Å². The molecule has 0 heterocycles. The lowest BCUT2D eigenvalue weighted by Crippen LogP contribution is -2.40. The van der Waals surface area contributed by atoms with Crippen LogP contribution in [0.4, 0.5) is 4.39 Å². The molecule has 1 aliphatic rings. The van der Waals surface area contributed by atoms with Gasteiger partial charge in [0.25, 0.3) is 0 Å². The maximum atomic E-state index is 12.9. The standard InChI is InChI=1S/C16H23FN2O/c1-12(13-7-9-14(17)10-8-13)19(2)16(20)11-18-15-5-3-4-6-15/h7-10,12,15,18H,3-6,11H2,1-2H3. The van der Waals surface area contributed by atoms with Gasteiger partial charge in [0.15, 0.2) is 0 Å². The highest BCUT2D eigenvalue weighted by atomic mass is 19.1. The van der Waals surface area contributed by atoms with Gasteiger partial charge in [-0.25, -0.2) is 4.39 Å². The van der Waals surface area contributed by atoms with Crippen LogP contribution in [0, 0.1) is 5.82 Å². The van der Waals surface area contributed by atoms with E-state index >= 15 is 0 Å². The van der Waals surface area contributed by atoms with Gasteiger partial charge in [0.05, 0.1) is 12.6 Å². The Morgan fingerprint density at radius 3 is 2.55 bits per heavy atom.